The van der Waals surface area contributed by atoms with Crippen molar-refractivity contribution in [2.24, 2.45) is 0 Å². The lowest BCUT2D eigenvalue weighted by molar-refractivity contribution is 0.0696. The molecule has 1 N–H and O–H groups in total. The van der Waals surface area contributed by atoms with Gasteiger partial charge in [0.1, 0.15) is 0 Å². The van der Waals surface area contributed by atoms with Gasteiger partial charge < -0.3 is 9.67 Å². The number of nitrogens with zero attached hydrogens (tertiary/aromatic N) is 1. The van der Waals surface area contributed by atoms with Crippen molar-refractivity contribution in [3.8, 4) is 0 Å². The van der Waals surface area contributed by atoms with Crippen LogP contribution in [0.4, 0.5) is 0 Å². The van der Waals surface area contributed by atoms with Gasteiger partial charge in [0, 0.05) is 17.9 Å². The van der Waals surface area contributed by atoms with Crippen LogP contribution in [0.2, 0.25) is 0 Å². The molecule has 0 atom stereocenters. The van der Waals surface area contributed by atoms with E-state index in [1.165, 1.54) is 5.56 Å². The van der Waals surface area contributed by atoms with Gasteiger partial charge in [0.05, 0.1) is 5.56 Å². The quantitative estimate of drug-likeness (QED) is 0.904. The van der Waals surface area contributed by atoms with Crippen molar-refractivity contribution >= 4 is 17.3 Å². The van der Waals surface area contributed by atoms with E-state index in [1.54, 1.807) is 17.4 Å². The van der Waals surface area contributed by atoms with Crippen molar-refractivity contribution in [2.45, 2.75) is 26.8 Å². The zero-order valence-electron chi connectivity index (χ0n) is 9.93. The Morgan fingerprint density at radius 1 is 1.47 bits per heavy atom. The van der Waals surface area contributed by atoms with Gasteiger partial charge in [-0.1, -0.05) is 0 Å². The van der Waals surface area contributed by atoms with Crippen LogP contribution in [0.25, 0.3) is 0 Å². The van der Waals surface area contributed by atoms with E-state index in [1.807, 2.05) is 13.8 Å². The number of thiophene rings is 1. The predicted octanol–water partition coefficient (Wildman–Crippen LogP) is 3.11. The summed E-state index contributed by atoms with van der Waals surface area (Å²) in [4.78, 5) is 11.0. The van der Waals surface area contributed by atoms with E-state index < -0.39 is 5.97 Å². The summed E-state index contributed by atoms with van der Waals surface area (Å²) in [6, 6.07) is 3.85. The maximum absolute atomic E-state index is 11.0. The van der Waals surface area contributed by atoms with E-state index in [9.17, 15) is 4.79 Å². The minimum Gasteiger partial charge on any atom is -0.478 e. The lowest BCUT2D eigenvalue weighted by atomic mass is 10.2. The summed E-state index contributed by atoms with van der Waals surface area (Å²) in [6.45, 7) is 4.65. The molecule has 0 aliphatic carbocycles. The molecular weight excluding hydrogens is 234 g/mol. The molecule has 0 fully saturated rings. The number of hydrogen-bond acceptors (Lipinski definition) is 2. The Bertz CT molecular complexity index is 526. The van der Waals surface area contributed by atoms with Crippen molar-refractivity contribution in [1.82, 2.24) is 4.57 Å². The molecule has 0 aliphatic rings. The Balaban J connectivity index is 2.18. The first kappa shape index (κ1) is 11.9. The fourth-order valence-corrected chi connectivity index (χ4v) is 2.74. The fourth-order valence-electron chi connectivity index (χ4n) is 2.04. The second kappa shape index (κ2) is 4.75. The smallest absolute Gasteiger partial charge is 0.337 e. The van der Waals surface area contributed by atoms with Gasteiger partial charge in [-0.15, -0.1) is 0 Å². The Morgan fingerprint density at radius 2 is 2.24 bits per heavy atom. The van der Waals surface area contributed by atoms with Crippen molar-refractivity contribution in [3.05, 3.63) is 45.4 Å². The molecule has 0 amide bonds. The van der Waals surface area contributed by atoms with E-state index in [2.05, 4.69) is 21.4 Å². The molecule has 0 aromatic carbocycles. The number of carboxylic acid groups (broad SMARTS) is 1. The molecule has 0 aliphatic heterocycles. The Labute approximate surface area is 104 Å². The average Bonchev–Trinajstić information content (AvgIpc) is 2.86. The predicted molar refractivity (Wildman–Crippen MR) is 68.9 cm³/mol. The monoisotopic (exact) mass is 249 g/mol. The van der Waals surface area contributed by atoms with E-state index in [0.29, 0.717) is 5.56 Å². The first-order valence-corrected chi connectivity index (χ1v) is 6.45. The largest absolute Gasteiger partial charge is 0.478 e. The zero-order chi connectivity index (χ0) is 12.4. The lowest BCUT2D eigenvalue weighted by Crippen LogP contribution is -2.06. The molecule has 0 unspecified atom stereocenters. The van der Waals surface area contributed by atoms with E-state index >= 15 is 0 Å². The van der Waals surface area contributed by atoms with Crippen LogP contribution in [-0.2, 0) is 13.0 Å². The highest BCUT2D eigenvalue weighted by Gasteiger charge is 2.14. The summed E-state index contributed by atoms with van der Waals surface area (Å²) in [6.07, 6.45) is 0.943. The average molecular weight is 249 g/mol. The summed E-state index contributed by atoms with van der Waals surface area (Å²) in [5.41, 5.74) is 3.56. The van der Waals surface area contributed by atoms with Gasteiger partial charge in [-0.3, -0.25) is 0 Å². The molecule has 2 heterocycles. The maximum Gasteiger partial charge on any atom is 0.337 e. The summed E-state index contributed by atoms with van der Waals surface area (Å²) < 4.78 is 2.07. The van der Waals surface area contributed by atoms with Crippen LogP contribution in [0.3, 0.4) is 0 Å². The van der Waals surface area contributed by atoms with Gasteiger partial charge in [-0.25, -0.2) is 4.79 Å². The van der Waals surface area contributed by atoms with Crippen LogP contribution in [0.5, 0.6) is 0 Å². The van der Waals surface area contributed by atoms with Crippen LogP contribution >= 0.6 is 11.3 Å². The number of aryl methyl sites for hydroxylation is 2. The van der Waals surface area contributed by atoms with Crippen LogP contribution < -0.4 is 0 Å². The highest BCUT2D eigenvalue weighted by atomic mass is 32.1. The van der Waals surface area contributed by atoms with Crippen LogP contribution in [-0.4, -0.2) is 15.6 Å². The fraction of sp³-hybridized carbons (Fsp3) is 0.308. The third-order valence-corrected chi connectivity index (χ3v) is 3.74. The first-order valence-electron chi connectivity index (χ1n) is 5.50. The molecule has 0 bridgehead atoms. The molecule has 0 radical (unpaired) electrons. The van der Waals surface area contributed by atoms with Gasteiger partial charge in [-0.2, -0.15) is 11.3 Å². The molecule has 17 heavy (non-hydrogen) atoms. The van der Waals surface area contributed by atoms with Crippen LogP contribution in [0, 0.1) is 13.8 Å². The minimum atomic E-state index is -0.847. The van der Waals surface area contributed by atoms with Crippen LogP contribution in [0.15, 0.2) is 22.9 Å². The third kappa shape index (κ3) is 2.42. The molecule has 3 nitrogen and oxygen atoms in total. The summed E-state index contributed by atoms with van der Waals surface area (Å²) in [5, 5.41) is 13.2. The number of rotatable bonds is 4. The summed E-state index contributed by atoms with van der Waals surface area (Å²) >= 11 is 1.69. The van der Waals surface area contributed by atoms with Gasteiger partial charge in [-0.05, 0) is 48.7 Å². The normalized spacial score (nSPS) is 10.7. The molecule has 90 valence electrons. The van der Waals surface area contributed by atoms with Crippen molar-refractivity contribution in [1.29, 1.82) is 0 Å². The maximum atomic E-state index is 11.0. The second-order valence-corrected chi connectivity index (χ2v) is 4.90. The molecule has 4 heteroatoms. The molecular formula is C13H15NO2S. The van der Waals surface area contributed by atoms with Crippen molar-refractivity contribution in [2.75, 3.05) is 0 Å². The summed E-state index contributed by atoms with van der Waals surface area (Å²) in [7, 11) is 0. The SMILES string of the molecule is Cc1cc(C(=O)O)c(C)n1CCc1ccsc1. The number of aromatic nitrogens is 1. The van der Waals surface area contributed by atoms with Gasteiger partial charge in [0.25, 0.3) is 0 Å². The zero-order valence-corrected chi connectivity index (χ0v) is 10.8. The Hall–Kier alpha value is -1.55. The second-order valence-electron chi connectivity index (χ2n) is 4.12. The third-order valence-electron chi connectivity index (χ3n) is 3.01. The number of hydrogen-bond donors (Lipinski definition) is 1. The van der Waals surface area contributed by atoms with Gasteiger partial charge >= 0.3 is 5.97 Å². The lowest BCUT2D eigenvalue weighted by Gasteiger charge is -2.08. The molecule has 0 spiro atoms. The topological polar surface area (TPSA) is 42.2 Å². The Kier molecular flexibility index (Phi) is 3.33. The van der Waals surface area contributed by atoms with E-state index in [-0.39, 0.29) is 0 Å². The molecule has 0 saturated heterocycles. The Morgan fingerprint density at radius 3 is 2.76 bits per heavy atom. The van der Waals surface area contributed by atoms with E-state index in [4.69, 9.17) is 5.11 Å². The van der Waals surface area contributed by atoms with Crippen molar-refractivity contribution < 1.29 is 9.90 Å². The summed E-state index contributed by atoms with van der Waals surface area (Å²) in [5.74, 6) is -0.847. The number of carbonyl (C=O) groups is 1. The highest BCUT2D eigenvalue weighted by Crippen LogP contribution is 2.16. The highest BCUT2D eigenvalue weighted by molar-refractivity contribution is 7.07. The van der Waals surface area contributed by atoms with E-state index in [0.717, 1.165) is 24.4 Å². The molecule has 2 aromatic rings. The minimum absolute atomic E-state index is 0.410. The van der Waals surface area contributed by atoms with Gasteiger partial charge in [0.15, 0.2) is 0 Å². The van der Waals surface area contributed by atoms with Crippen molar-refractivity contribution in [3.63, 3.8) is 0 Å². The molecule has 2 aromatic heterocycles. The number of carboxylic acids is 1. The molecule has 2 rings (SSSR count). The number of aromatic carboxylic acids is 1. The van der Waals surface area contributed by atoms with Crippen LogP contribution in [0.1, 0.15) is 27.3 Å². The molecule has 0 saturated carbocycles. The first-order chi connectivity index (χ1) is 8.09. The standard InChI is InChI=1S/C13H15NO2S/c1-9-7-12(13(15)16)10(2)14(9)5-3-11-4-6-17-8-11/h4,6-8H,3,5H2,1-2H3,(H,15,16). The van der Waals surface area contributed by atoms with Gasteiger partial charge in [0.2, 0.25) is 0 Å².